The predicted octanol–water partition coefficient (Wildman–Crippen LogP) is 3.28. The molecule has 0 unspecified atom stereocenters. The van der Waals surface area contributed by atoms with E-state index in [9.17, 15) is 4.79 Å². The summed E-state index contributed by atoms with van der Waals surface area (Å²) in [6.45, 7) is 5.23. The molecular formula is C20H24N4O2S. The highest BCUT2D eigenvalue weighted by atomic mass is 32.1. The number of fused-ring (bicyclic) bond motifs is 1. The second kappa shape index (κ2) is 8.92. The molecule has 0 aliphatic heterocycles. The van der Waals surface area contributed by atoms with Gasteiger partial charge in [0.05, 0.1) is 5.39 Å². The SMILES string of the molecule is Cc1ccc(-c2c(C)sc3ncnc(NCCC(=O)NCCCO)c23)cc1. The van der Waals surface area contributed by atoms with Gasteiger partial charge in [-0.3, -0.25) is 4.79 Å². The maximum atomic E-state index is 11.8. The fourth-order valence-electron chi connectivity index (χ4n) is 2.94. The third-order valence-electron chi connectivity index (χ3n) is 4.31. The van der Waals surface area contributed by atoms with E-state index in [2.05, 4.69) is 58.7 Å². The molecule has 2 aromatic heterocycles. The lowest BCUT2D eigenvalue weighted by Gasteiger charge is -2.09. The molecule has 0 saturated heterocycles. The van der Waals surface area contributed by atoms with E-state index in [4.69, 9.17) is 5.11 Å². The van der Waals surface area contributed by atoms with Crippen LogP contribution >= 0.6 is 11.3 Å². The maximum absolute atomic E-state index is 11.8. The first-order valence-corrected chi connectivity index (χ1v) is 9.84. The van der Waals surface area contributed by atoms with Gasteiger partial charge in [-0.05, 0) is 25.8 Å². The lowest BCUT2D eigenvalue weighted by Crippen LogP contribution is -2.26. The number of nitrogens with zero attached hydrogens (tertiary/aromatic N) is 2. The van der Waals surface area contributed by atoms with Gasteiger partial charge in [-0.15, -0.1) is 11.3 Å². The molecular weight excluding hydrogens is 360 g/mol. The van der Waals surface area contributed by atoms with E-state index in [0.717, 1.165) is 27.2 Å². The monoisotopic (exact) mass is 384 g/mol. The molecule has 2 heterocycles. The van der Waals surface area contributed by atoms with Gasteiger partial charge in [-0.2, -0.15) is 0 Å². The molecule has 3 N–H and O–H groups in total. The van der Waals surface area contributed by atoms with Crippen LogP contribution < -0.4 is 10.6 Å². The Bertz CT molecular complexity index is 922. The number of aromatic nitrogens is 2. The first-order chi connectivity index (χ1) is 13.1. The molecule has 3 rings (SSSR count). The number of thiophene rings is 1. The number of hydrogen-bond acceptors (Lipinski definition) is 6. The number of aryl methyl sites for hydroxylation is 2. The molecule has 0 aliphatic carbocycles. The first kappa shape index (κ1) is 19.3. The van der Waals surface area contributed by atoms with E-state index in [1.807, 2.05) is 0 Å². The number of hydrogen-bond donors (Lipinski definition) is 3. The summed E-state index contributed by atoms with van der Waals surface area (Å²) in [6, 6.07) is 8.45. The van der Waals surface area contributed by atoms with Crippen molar-refractivity contribution >= 4 is 33.3 Å². The van der Waals surface area contributed by atoms with Crippen LogP contribution in [0.3, 0.4) is 0 Å². The molecule has 0 radical (unpaired) electrons. The van der Waals surface area contributed by atoms with E-state index < -0.39 is 0 Å². The van der Waals surface area contributed by atoms with E-state index in [1.54, 1.807) is 17.7 Å². The summed E-state index contributed by atoms with van der Waals surface area (Å²) in [5.74, 6) is 0.713. The fourth-order valence-corrected chi connectivity index (χ4v) is 3.95. The van der Waals surface area contributed by atoms with Gasteiger partial charge in [-0.25, -0.2) is 9.97 Å². The van der Waals surface area contributed by atoms with Crippen LogP contribution in [0.4, 0.5) is 5.82 Å². The van der Waals surface area contributed by atoms with Crippen molar-refractivity contribution in [1.82, 2.24) is 15.3 Å². The smallest absolute Gasteiger partial charge is 0.221 e. The number of benzene rings is 1. The topological polar surface area (TPSA) is 87.1 Å². The zero-order valence-electron chi connectivity index (χ0n) is 15.6. The zero-order valence-corrected chi connectivity index (χ0v) is 16.4. The van der Waals surface area contributed by atoms with Crippen LogP contribution in [-0.4, -0.2) is 40.7 Å². The summed E-state index contributed by atoms with van der Waals surface area (Å²) in [7, 11) is 0. The Morgan fingerprint density at radius 2 is 1.93 bits per heavy atom. The average molecular weight is 385 g/mol. The van der Waals surface area contributed by atoms with Crippen molar-refractivity contribution < 1.29 is 9.90 Å². The molecule has 27 heavy (non-hydrogen) atoms. The van der Waals surface area contributed by atoms with Gasteiger partial charge in [0.25, 0.3) is 0 Å². The summed E-state index contributed by atoms with van der Waals surface area (Å²) >= 11 is 1.65. The molecule has 0 aliphatic rings. The largest absolute Gasteiger partial charge is 0.396 e. The van der Waals surface area contributed by atoms with E-state index in [-0.39, 0.29) is 12.5 Å². The van der Waals surface area contributed by atoms with Crippen molar-refractivity contribution in [1.29, 1.82) is 0 Å². The molecule has 3 aromatic rings. The number of carbonyl (C=O) groups excluding carboxylic acids is 1. The number of rotatable bonds is 8. The first-order valence-electron chi connectivity index (χ1n) is 9.02. The lowest BCUT2D eigenvalue weighted by atomic mass is 10.0. The molecule has 0 spiro atoms. The van der Waals surface area contributed by atoms with Gasteiger partial charge in [0, 0.05) is 36.6 Å². The summed E-state index contributed by atoms with van der Waals surface area (Å²) in [5, 5.41) is 15.8. The number of nitrogens with one attached hydrogen (secondary N) is 2. The third kappa shape index (κ3) is 4.61. The highest BCUT2D eigenvalue weighted by Crippen LogP contribution is 2.40. The van der Waals surface area contributed by atoms with Crippen molar-refractivity contribution in [3.63, 3.8) is 0 Å². The standard InChI is InChI=1S/C20H24N4O2S/c1-13-4-6-15(7-5-13)17-14(2)27-20-18(17)19(23-12-24-20)22-10-8-16(26)21-9-3-11-25/h4-7,12,25H,3,8-11H2,1-2H3,(H,21,26)(H,22,23,24). The number of anilines is 1. The van der Waals surface area contributed by atoms with Gasteiger partial charge >= 0.3 is 0 Å². The summed E-state index contributed by atoms with van der Waals surface area (Å²) in [6.07, 6.45) is 2.47. The minimum absolute atomic E-state index is 0.0403. The minimum atomic E-state index is -0.0403. The Kier molecular flexibility index (Phi) is 6.36. The van der Waals surface area contributed by atoms with Crippen LogP contribution in [0.5, 0.6) is 0 Å². The van der Waals surface area contributed by atoms with Crippen molar-refractivity contribution in [3.05, 3.63) is 41.0 Å². The molecule has 6 nitrogen and oxygen atoms in total. The predicted molar refractivity (Wildman–Crippen MR) is 110 cm³/mol. The maximum Gasteiger partial charge on any atom is 0.221 e. The van der Waals surface area contributed by atoms with E-state index in [1.165, 1.54) is 10.4 Å². The van der Waals surface area contributed by atoms with Crippen molar-refractivity contribution in [2.75, 3.05) is 25.0 Å². The van der Waals surface area contributed by atoms with Crippen LogP contribution in [0.15, 0.2) is 30.6 Å². The molecule has 142 valence electrons. The molecule has 7 heteroatoms. The van der Waals surface area contributed by atoms with Crippen LogP contribution in [-0.2, 0) is 4.79 Å². The Labute approximate surface area is 162 Å². The van der Waals surface area contributed by atoms with Gasteiger partial charge in [0.1, 0.15) is 17.0 Å². The minimum Gasteiger partial charge on any atom is -0.396 e. The van der Waals surface area contributed by atoms with Crippen LogP contribution in [0.25, 0.3) is 21.3 Å². The van der Waals surface area contributed by atoms with Gasteiger partial charge in [-0.1, -0.05) is 29.8 Å². The van der Waals surface area contributed by atoms with E-state index in [0.29, 0.717) is 25.9 Å². The second-order valence-electron chi connectivity index (χ2n) is 6.41. The quantitative estimate of drug-likeness (QED) is 0.519. The molecule has 0 atom stereocenters. The van der Waals surface area contributed by atoms with Crippen molar-refractivity contribution in [3.8, 4) is 11.1 Å². The zero-order chi connectivity index (χ0) is 19.2. The van der Waals surface area contributed by atoms with Gasteiger partial charge in [0.15, 0.2) is 0 Å². The molecule has 1 amide bonds. The molecule has 0 fully saturated rings. The highest BCUT2D eigenvalue weighted by Gasteiger charge is 2.16. The van der Waals surface area contributed by atoms with Gasteiger partial charge in [0.2, 0.25) is 5.91 Å². The fraction of sp³-hybridized carbons (Fsp3) is 0.350. The number of aliphatic hydroxyl groups is 1. The van der Waals surface area contributed by atoms with Crippen LogP contribution in [0.2, 0.25) is 0 Å². The van der Waals surface area contributed by atoms with Crippen LogP contribution in [0.1, 0.15) is 23.3 Å². The van der Waals surface area contributed by atoms with E-state index >= 15 is 0 Å². The van der Waals surface area contributed by atoms with Crippen LogP contribution in [0, 0.1) is 13.8 Å². The Morgan fingerprint density at radius 3 is 2.67 bits per heavy atom. The average Bonchev–Trinajstić information content (AvgIpc) is 2.99. The number of aliphatic hydroxyl groups excluding tert-OH is 1. The second-order valence-corrected chi connectivity index (χ2v) is 7.61. The molecule has 0 saturated carbocycles. The summed E-state index contributed by atoms with van der Waals surface area (Å²) in [4.78, 5) is 22.8. The Hall–Kier alpha value is -2.51. The number of amides is 1. The van der Waals surface area contributed by atoms with Gasteiger partial charge < -0.3 is 15.7 Å². The summed E-state index contributed by atoms with van der Waals surface area (Å²) < 4.78 is 0. The Morgan fingerprint density at radius 1 is 1.15 bits per heavy atom. The normalized spacial score (nSPS) is 10.9. The highest BCUT2D eigenvalue weighted by molar-refractivity contribution is 7.19. The van der Waals surface area contributed by atoms with Crippen molar-refractivity contribution in [2.24, 2.45) is 0 Å². The summed E-state index contributed by atoms with van der Waals surface area (Å²) in [5.41, 5.74) is 3.51. The third-order valence-corrected chi connectivity index (χ3v) is 5.32. The molecule has 0 bridgehead atoms. The number of carbonyl (C=O) groups is 1. The van der Waals surface area contributed by atoms with Crippen molar-refractivity contribution in [2.45, 2.75) is 26.7 Å². The molecule has 1 aromatic carbocycles. The Balaban J connectivity index is 1.80. The lowest BCUT2D eigenvalue weighted by molar-refractivity contribution is -0.120.